The number of carbonyl (C=O) groups is 4. The summed E-state index contributed by atoms with van der Waals surface area (Å²) < 4.78 is 0. The number of hydrogen-bond donors (Lipinski definition) is 3. The van der Waals surface area contributed by atoms with Gasteiger partial charge in [-0.2, -0.15) is 0 Å². The number of amides is 5. The average Bonchev–Trinajstić information content (AvgIpc) is 3.40. The summed E-state index contributed by atoms with van der Waals surface area (Å²) in [5, 5.41) is 6.40. The van der Waals surface area contributed by atoms with Crippen molar-refractivity contribution in [1.29, 1.82) is 0 Å². The molecule has 3 heterocycles. The minimum atomic E-state index is -0.689. The number of para-hydroxylation sites is 1. The molecule has 9 nitrogen and oxygen atoms in total. The third-order valence-electron chi connectivity index (χ3n) is 5.61. The lowest BCUT2D eigenvalue weighted by atomic mass is 10.1. The quantitative estimate of drug-likeness (QED) is 0.439. The van der Waals surface area contributed by atoms with E-state index in [0.717, 1.165) is 34.3 Å². The summed E-state index contributed by atoms with van der Waals surface area (Å²) in [4.78, 5) is 54.5. The van der Waals surface area contributed by atoms with Crippen molar-refractivity contribution in [2.75, 3.05) is 26.2 Å². The molecule has 0 aliphatic carbocycles. The number of aromatic amines is 1. The van der Waals surface area contributed by atoms with E-state index in [4.69, 9.17) is 0 Å². The maximum absolute atomic E-state index is 12.7. The fourth-order valence-electron chi connectivity index (χ4n) is 4.02. The van der Waals surface area contributed by atoms with Crippen LogP contribution in [0, 0.1) is 0 Å². The van der Waals surface area contributed by atoms with Crippen molar-refractivity contribution in [2.45, 2.75) is 31.7 Å². The van der Waals surface area contributed by atoms with Gasteiger partial charge in [-0.1, -0.05) is 18.2 Å². The van der Waals surface area contributed by atoms with Crippen LogP contribution in [0.3, 0.4) is 0 Å². The van der Waals surface area contributed by atoms with Crippen LogP contribution in [0.1, 0.15) is 24.8 Å². The van der Waals surface area contributed by atoms with Crippen LogP contribution in [0.5, 0.6) is 0 Å². The second-order valence-corrected chi connectivity index (χ2v) is 7.68. The number of benzene rings is 1. The lowest BCUT2D eigenvalue weighted by Gasteiger charge is -2.16. The zero-order valence-electron chi connectivity index (χ0n) is 16.6. The van der Waals surface area contributed by atoms with Crippen LogP contribution < -0.4 is 10.6 Å². The molecule has 3 N–H and O–H groups in total. The SMILES string of the molecule is O=C(CN1C(=O)N[C@H](Cc2c[nH]c3ccccc23)C1=O)NCCCN1CCCC1=O. The molecule has 0 saturated carbocycles. The smallest absolute Gasteiger partial charge is 0.325 e. The highest BCUT2D eigenvalue weighted by atomic mass is 16.2. The van der Waals surface area contributed by atoms with E-state index < -0.39 is 18.0 Å². The van der Waals surface area contributed by atoms with Crippen molar-refractivity contribution in [3.8, 4) is 0 Å². The van der Waals surface area contributed by atoms with Gasteiger partial charge in [0.2, 0.25) is 11.8 Å². The van der Waals surface area contributed by atoms with E-state index in [1.54, 1.807) is 4.90 Å². The van der Waals surface area contributed by atoms with Gasteiger partial charge in [0, 0.05) is 49.6 Å². The van der Waals surface area contributed by atoms with Crippen LogP contribution in [-0.4, -0.2) is 70.8 Å². The van der Waals surface area contributed by atoms with E-state index in [1.807, 2.05) is 30.5 Å². The first-order valence-corrected chi connectivity index (χ1v) is 10.2. The second-order valence-electron chi connectivity index (χ2n) is 7.68. The van der Waals surface area contributed by atoms with E-state index in [0.29, 0.717) is 32.4 Å². The van der Waals surface area contributed by atoms with Crippen molar-refractivity contribution in [1.82, 2.24) is 25.4 Å². The Hall–Kier alpha value is -3.36. The standard InChI is InChI=1S/C21H25N5O4/c27-18(22-8-4-10-25-9-3-7-19(25)28)13-26-20(29)17(24-21(26)30)11-14-12-23-16-6-2-1-5-15(14)16/h1-2,5-6,12,17,23H,3-4,7-11,13H2,(H,22,27)(H,24,30)/t17-/m1/s1. The lowest BCUT2D eigenvalue weighted by molar-refractivity contribution is -0.132. The molecule has 4 rings (SSSR count). The van der Waals surface area contributed by atoms with E-state index in [1.165, 1.54) is 0 Å². The summed E-state index contributed by atoms with van der Waals surface area (Å²) in [5.41, 5.74) is 1.91. The monoisotopic (exact) mass is 411 g/mol. The maximum atomic E-state index is 12.7. The van der Waals surface area contributed by atoms with Crippen molar-refractivity contribution in [3.05, 3.63) is 36.0 Å². The van der Waals surface area contributed by atoms with Gasteiger partial charge >= 0.3 is 6.03 Å². The fraction of sp³-hybridized carbons (Fsp3) is 0.429. The summed E-state index contributed by atoms with van der Waals surface area (Å²) in [6.07, 6.45) is 4.32. The molecule has 158 valence electrons. The largest absolute Gasteiger partial charge is 0.361 e. The molecule has 9 heteroatoms. The van der Waals surface area contributed by atoms with E-state index in [-0.39, 0.29) is 18.4 Å². The zero-order chi connectivity index (χ0) is 21.1. The van der Waals surface area contributed by atoms with Crippen LogP contribution in [-0.2, 0) is 20.8 Å². The zero-order valence-corrected chi connectivity index (χ0v) is 16.6. The van der Waals surface area contributed by atoms with Gasteiger partial charge < -0.3 is 20.5 Å². The predicted molar refractivity (Wildman–Crippen MR) is 109 cm³/mol. The first-order chi connectivity index (χ1) is 14.5. The Kier molecular flexibility index (Phi) is 5.69. The van der Waals surface area contributed by atoms with Gasteiger partial charge in [-0.05, 0) is 24.5 Å². The summed E-state index contributed by atoms with van der Waals surface area (Å²) >= 11 is 0. The minimum Gasteiger partial charge on any atom is -0.361 e. The van der Waals surface area contributed by atoms with Crippen LogP contribution in [0.15, 0.2) is 30.5 Å². The number of aromatic nitrogens is 1. The van der Waals surface area contributed by atoms with E-state index >= 15 is 0 Å². The van der Waals surface area contributed by atoms with Gasteiger partial charge in [0.25, 0.3) is 5.91 Å². The number of likely N-dealkylation sites (tertiary alicyclic amines) is 1. The fourth-order valence-corrected chi connectivity index (χ4v) is 4.02. The van der Waals surface area contributed by atoms with Crippen molar-refractivity contribution < 1.29 is 19.2 Å². The maximum Gasteiger partial charge on any atom is 0.325 e. The molecule has 1 aromatic carbocycles. The second kappa shape index (κ2) is 8.56. The van der Waals surface area contributed by atoms with Gasteiger partial charge in [0.15, 0.2) is 0 Å². The van der Waals surface area contributed by atoms with Gasteiger partial charge in [-0.3, -0.25) is 19.3 Å². The molecule has 30 heavy (non-hydrogen) atoms. The molecule has 2 aliphatic rings. The molecule has 0 radical (unpaired) electrons. The topological polar surface area (TPSA) is 115 Å². The molecule has 2 saturated heterocycles. The molecule has 2 aromatic rings. The average molecular weight is 411 g/mol. The number of imide groups is 1. The molecule has 2 aliphatic heterocycles. The third kappa shape index (κ3) is 4.14. The van der Waals surface area contributed by atoms with Crippen molar-refractivity contribution >= 4 is 34.7 Å². The third-order valence-corrected chi connectivity index (χ3v) is 5.61. The van der Waals surface area contributed by atoms with Crippen LogP contribution >= 0.6 is 0 Å². The molecule has 1 aromatic heterocycles. The first kappa shape index (κ1) is 19.9. The number of nitrogens with one attached hydrogen (secondary N) is 3. The summed E-state index contributed by atoms with van der Waals surface area (Å²) in [7, 11) is 0. The minimum absolute atomic E-state index is 0.155. The number of carbonyl (C=O) groups excluding carboxylic acids is 4. The van der Waals surface area contributed by atoms with E-state index in [9.17, 15) is 19.2 Å². The normalized spacial score (nSPS) is 19.1. The predicted octanol–water partition coefficient (Wildman–Crippen LogP) is 0.759. The summed E-state index contributed by atoms with van der Waals surface area (Å²) in [6, 6.07) is 6.51. The number of urea groups is 1. The number of rotatable bonds is 8. The molecule has 5 amide bonds. The molecular weight excluding hydrogens is 386 g/mol. The highest BCUT2D eigenvalue weighted by Gasteiger charge is 2.39. The van der Waals surface area contributed by atoms with Gasteiger partial charge in [0.1, 0.15) is 12.6 Å². The van der Waals surface area contributed by atoms with Crippen LogP contribution in [0.25, 0.3) is 10.9 Å². The van der Waals surface area contributed by atoms with Crippen LogP contribution in [0.2, 0.25) is 0 Å². The molecule has 0 unspecified atom stereocenters. The highest BCUT2D eigenvalue weighted by molar-refractivity contribution is 6.06. The molecule has 0 bridgehead atoms. The lowest BCUT2D eigenvalue weighted by Crippen LogP contribution is -2.42. The Morgan fingerprint density at radius 3 is 2.83 bits per heavy atom. The van der Waals surface area contributed by atoms with E-state index in [2.05, 4.69) is 15.6 Å². The molecule has 2 fully saturated rings. The molecule has 1 atom stereocenters. The van der Waals surface area contributed by atoms with Gasteiger partial charge in [-0.15, -0.1) is 0 Å². The Labute approximate surface area is 173 Å². The van der Waals surface area contributed by atoms with Crippen molar-refractivity contribution in [2.24, 2.45) is 0 Å². The van der Waals surface area contributed by atoms with Gasteiger partial charge in [0.05, 0.1) is 0 Å². The first-order valence-electron chi connectivity index (χ1n) is 10.2. The number of nitrogens with zero attached hydrogens (tertiary/aromatic N) is 2. The Balaban J connectivity index is 1.26. The van der Waals surface area contributed by atoms with Crippen LogP contribution in [0.4, 0.5) is 4.79 Å². The molecular formula is C21H25N5O4. The number of H-pyrrole nitrogens is 1. The van der Waals surface area contributed by atoms with Crippen molar-refractivity contribution in [3.63, 3.8) is 0 Å². The Bertz CT molecular complexity index is 985. The number of hydrogen-bond acceptors (Lipinski definition) is 4. The summed E-state index contributed by atoms with van der Waals surface area (Å²) in [6.45, 7) is 1.46. The number of fused-ring (bicyclic) bond motifs is 1. The van der Waals surface area contributed by atoms with Gasteiger partial charge in [-0.25, -0.2) is 4.79 Å². The molecule has 0 spiro atoms. The summed E-state index contributed by atoms with van der Waals surface area (Å²) in [5.74, 6) is -0.635. The Morgan fingerprint density at radius 2 is 2.03 bits per heavy atom. The highest BCUT2D eigenvalue weighted by Crippen LogP contribution is 2.21. The Morgan fingerprint density at radius 1 is 1.20 bits per heavy atom.